The van der Waals surface area contributed by atoms with E-state index >= 15 is 0 Å². The van der Waals surface area contributed by atoms with E-state index in [4.69, 9.17) is 4.74 Å². The van der Waals surface area contributed by atoms with Gasteiger partial charge in [0.2, 0.25) is 0 Å². The Kier molecular flexibility index (Phi) is 6.26. The van der Waals surface area contributed by atoms with Gasteiger partial charge in [-0.05, 0) is 55.9 Å². The summed E-state index contributed by atoms with van der Waals surface area (Å²) >= 11 is 0. The molecule has 0 aliphatic heterocycles. The van der Waals surface area contributed by atoms with E-state index in [1.54, 1.807) is 0 Å². The molecule has 1 aliphatic rings. The van der Waals surface area contributed by atoms with Crippen LogP contribution in [0, 0.1) is 0 Å². The van der Waals surface area contributed by atoms with E-state index < -0.39 is 0 Å². The van der Waals surface area contributed by atoms with Crippen LogP contribution in [-0.2, 0) is 11.2 Å². The number of para-hydroxylation sites is 1. The summed E-state index contributed by atoms with van der Waals surface area (Å²) in [4.78, 5) is 19.8. The Morgan fingerprint density at radius 1 is 1.19 bits per heavy atom. The molecule has 0 spiro atoms. The first-order valence-electron chi connectivity index (χ1n) is 9.67. The van der Waals surface area contributed by atoms with Crippen LogP contribution in [0.5, 0.6) is 5.75 Å². The predicted molar refractivity (Wildman–Crippen MR) is 103 cm³/mol. The van der Waals surface area contributed by atoms with Gasteiger partial charge in [-0.15, -0.1) is 0 Å². The number of aromatic nitrogens is 1. The molecular weight excluding hydrogens is 324 g/mol. The Bertz CT molecular complexity index is 713. The fourth-order valence-electron chi connectivity index (χ4n) is 3.91. The van der Waals surface area contributed by atoms with Crippen LogP contribution < -0.4 is 4.74 Å². The van der Waals surface area contributed by atoms with Gasteiger partial charge in [-0.1, -0.05) is 38.1 Å². The topological polar surface area (TPSA) is 42.4 Å². The summed E-state index contributed by atoms with van der Waals surface area (Å²) in [7, 11) is 0. The standard InChI is InChI=1S/C22H28N2O2/c1-3-18(4-2)24(21(25)16-26-19-12-6-5-7-13-19)20-14-8-10-17-11-9-15-23-22(17)20/h5-7,9,11-13,15,18,20H,3-4,8,10,14,16H2,1-2H3/t20-/m0/s1. The van der Waals surface area contributed by atoms with Crippen molar-refractivity contribution >= 4 is 5.91 Å². The highest BCUT2D eigenvalue weighted by molar-refractivity contribution is 5.78. The van der Waals surface area contributed by atoms with Crippen LogP contribution in [0.4, 0.5) is 0 Å². The lowest BCUT2D eigenvalue weighted by Gasteiger charge is -2.39. The van der Waals surface area contributed by atoms with Gasteiger partial charge in [-0.2, -0.15) is 0 Å². The number of benzene rings is 1. The third kappa shape index (κ3) is 4.06. The summed E-state index contributed by atoms with van der Waals surface area (Å²) < 4.78 is 5.76. The van der Waals surface area contributed by atoms with Gasteiger partial charge in [0.25, 0.3) is 5.91 Å². The smallest absolute Gasteiger partial charge is 0.261 e. The molecule has 1 heterocycles. The highest BCUT2D eigenvalue weighted by Gasteiger charge is 2.34. The SMILES string of the molecule is CCC(CC)N(C(=O)COc1ccccc1)[C@H]1CCCc2cccnc21. The lowest BCUT2D eigenvalue weighted by molar-refractivity contribution is -0.139. The molecular formula is C22H28N2O2. The molecule has 1 aromatic heterocycles. The van der Waals surface area contributed by atoms with Crippen LogP contribution in [0.1, 0.15) is 56.8 Å². The first kappa shape index (κ1) is 18.4. The molecule has 0 unspecified atom stereocenters. The summed E-state index contributed by atoms with van der Waals surface area (Å²) in [6.45, 7) is 4.36. The van der Waals surface area contributed by atoms with Crippen LogP contribution in [0.3, 0.4) is 0 Å². The van der Waals surface area contributed by atoms with Crippen molar-refractivity contribution in [1.82, 2.24) is 9.88 Å². The fourth-order valence-corrected chi connectivity index (χ4v) is 3.91. The maximum absolute atomic E-state index is 13.2. The minimum Gasteiger partial charge on any atom is -0.484 e. The van der Waals surface area contributed by atoms with Gasteiger partial charge in [-0.3, -0.25) is 9.78 Å². The normalized spacial score (nSPS) is 16.2. The molecule has 1 aromatic carbocycles. The Morgan fingerprint density at radius 3 is 2.69 bits per heavy atom. The average Bonchev–Trinajstić information content (AvgIpc) is 2.70. The van der Waals surface area contributed by atoms with Gasteiger partial charge in [0.05, 0.1) is 11.7 Å². The van der Waals surface area contributed by atoms with E-state index in [0.29, 0.717) is 0 Å². The zero-order valence-electron chi connectivity index (χ0n) is 15.7. The van der Waals surface area contributed by atoms with E-state index in [9.17, 15) is 4.79 Å². The number of rotatable bonds is 7. The Hall–Kier alpha value is -2.36. The molecule has 2 aromatic rings. The van der Waals surface area contributed by atoms with Gasteiger partial charge in [-0.25, -0.2) is 0 Å². The van der Waals surface area contributed by atoms with Crippen molar-refractivity contribution in [1.29, 1.82) is 0 Å². The molecule has 3 rings (SSSR count). The molecule has 4 nitrogen and oxygen atoms in total. The molecule has 0 bridgehead atoms. The zero-order valence-corrected chi connectivity index (χ0v) is 15.7. The highest BCUT2D eigenvalue weighted by atomic mass is 16.5. The Morgan fingerprint density at radius 2 is 1.96 bits per heavy atom. The highest BCUT2D eigenvalue weighted by Crippen LogP contribution is 2.35. The molecule has 26 heavy (non-hydrogen) atoms. The van der Waals surface area contributed by atoms with Crippen molar-refractivity contribution in [2.75, 3.05) is 6.61 Å². The number of aryl methyl sites for hydroxylation is 1. The number of hydrogen-bond donors (Lipinski definition) is 0. The number of carbonyl (C=O) groups is 1. The van der Waals surface area contributed by atoms with Crippen molar-refractivity contribution in [3.63, 3.8) is 0 Å². The third-order valence-corrected chi connectivity index (χ3v) is 5.23. The number of amides is 1. The van der Waals surface area contributed by atoms with Gasteiger partial charge < -0.3 is 9.64 Å². The summed E-state index contributed by atoms with van der Waals surface area (Å²) in [6.07, 6.45) is 6.82. The second kappa shape index (κ2) is 8.84. The van der Waals surface area contributed by atoms with E-state index in [-0.39, 0.29) is 24.6 Å². The van der Waals surface area contributed by atoms with Crippen molar-refractivity contribution < 1.29 is 9.53 Å². The molecule has 0 radical (unpaired) electrons. The molecule has 0 fully saturated rings. The number of carbonyl (C=O) groups excluding carboxylic acids is 1. The molecule has 1 amide bonds. The van der Waals surface area contributed by atoms with Crippen LogP contribution in [-0.4, -0.2) is 28.4 Å². The molecule has 1 aliphatic carbocycles. The van der Waals surface area contributed by atoms with Crippen LogP contribution in [0.25, 0.3) is 0 Å². The summed E-state index contributed by atoms with van der Waals surface area (Å²) in [6, 6.07) is 13.9. The second-order valence-corrected chi connectivity index (χ2v) is 6.83. The largest absolute Gasteiger partial charge is 0.484 e. The molecule has 0 saturated carbocycles. The fraction of sp³-hybridized carbons (Fsp3) is 0.455. The third-order valence-electron chi connectivity index (χ3n) is 5.23. The minimum absolute atomic E-state index is 0.0473. The number of hydrogen-bond acceptors (Lipinski definition) is 3. The molecule has 0 N–H and O–H groups in total. The second-order valence-electron chi connectivity index (χ2n) is 6.83. The summed E-state index contributed by atoms with van der Waals surface area (Å²) in [5.74, 6) is 0.776. The van der Waals surface area contributed by atoms with E-state index in [1.165, 1.54) is 5.56 Å². The number of ether oxygens (including phenoxy) is 1. The minimum atomic E-state index is 0.0473. The van der Waals surface area contributed by atoms with Crippen LogP contribution >= 0.6 is 0 Å². The molecule has 4 heteroatoms. The summed E-state index contributed by atoms with van der Waals surface area (Å²) in [5, 5.41) is 0. The van der Waals surface area contributed by atoms with Crippen molar-refractivity contribution in [3.8, 4) is 5.75 Å². The van der Waals surface area contributed by atoms with Gasteiger partial charge in [0, 0.05) is 12.2 Å². The van der Waals surface area contributed by atoms with Crippen LogP contribution in [0.2, 0.25) is 0 Å². The number of nitrogens with zero attached hydrogens (tertiary/aromatic N) is 2. The maximum atomic E-state index is 13.2. The quantitative estimate of drug-likeness (QED) is 0.734. The first-order chi connectivity index (χ1) is 12.7. The monoisotopic (exact) mass is 352 g/mol. The number of pyridine rings is 1. The predicted octanol–water partition coefficient (Wildman–Crippen LogP) is 4.56. The maximum Gasteiger partial charge on any atom is 0.261 e. The summed E-state index contributed by atoms with van der Waals surface area (Å²) in [5.41, 5.74) is 2.34. The molecule has 138 valence electrons. The zero-order chi connectivity index (χ0) is 18.4. The van der Waals surface area contributed by atoms with E-state index in [0.717, 1.165) is 43.5 Å². The lowest BCUT2D eigenvalue weighted by atomic mass is 9.89. The molecule has 1 atom stereocenters. The van der Waals surface area contributed by atoms with Crippen molar-refractivity contribution in [3.05, 3.63) is 59.9 Å². The Balaban J connectivity index is 1.82. The van der Waals surface area contributed by atoms with Crippen molar-refractivity contribution in [2.24, 2.45) is 0 Å². The lowest BCUT2D eigenvalue weighted by Crippen LogP contribution is -2.46. The van der Waals surface area contributed by atoms with Gasteiger partial charge in [0.1, 0.15) is 5.75 Å². The van der Waals surface area contributed by atoms with Gasteiger partial charge >= 0.3 is 0 Å². The first-order valence-corrected chi connectivity index (χ1v) is 9.67. The van der Waals surface area contributed by atoms with Gasteiger partial charge in [0.15, 0.2) is 6.61 Å². The van der Waals surface area contributed by atoms with Crippen LogP contribution in [0.15, 0.2) is 48.7 Å². The van der Waals surface area contributed by atoms with Crippen molar-refractivity contribution in [2.45, 2.75) is 58.0 Å². The average molecular weight is 352 g/mol. The Labute approximate surface area is 156 Å². The van der Waals surface area contributed by atoms with E-state index in [1.807, 2.05) is 47.5 Å². The number of fused-ring (bicyclic) bond motifs is 1. The molecule has 0 saturated heterocycles. The van der Waals surface area contributed by atoms with E-state index in [2.05, 4.69) is 24.9 Å².